The van der Waals surface area contributed by atoms with E-state index in [0.29, 0.717) is 23.2 Å². The van der Waals surface area contributed by atoms with E-state index in [0.717, 1.165) is 46.0 Å². The zero-order valence-electron chi connectivity index (χ0n) is 16.5. The van der Waals surface area contributed by atoms with Crippen molar-refractivity contribution in [3.05, 3.63) is 52.6 Å². The summed E-state index contributed by atoms with van der Waals surface area (Å²) in [6, 6.07) is 11.7. The minimum Gasteiger partial charge on any atom is -0.311 e. The number of nitrogens with one attached hydrogen (secondary N) is 1. The number of aryl methyl sites for hydroxylation is 1. The highest BCUT2D eigenvalue weighted by molar-refractivity contribution is 7.15. The molecule has 0 radical (unpaired) electrons. The van der Waals surface area contributed by atoms with Crippen molar-refractivity contribution >= 4 is 34.7 Å². The Morgan fingerprint density at radius 3 is 2.66 bits per heavy atom. The van der Waals surface area contributed by atoms with Gasteiger partial charge < -0.3 is 5.32 Å². The highest BCUT2D eigenvalue weighted by Crippen LogP contribution is 2.38. The van der Waals surface area contributed by atoms with Gasteiger partial charge >= 0.3 is 0 Å². The molecule has 0 saturated heterocycles. The predicted octanol–water partition coefficient (Wildman–Crippen LogP) is 6.61. The Morgan fingerprint density at radius 2 is 1.93 bits per heavy atom. The van der Waals surface area contributed by atoms with E-state index in [1.54, 1.807) is 17.5 Å². The van der Waals surface area contributed by atoms with Gasteiger partial charge in [0.05, 0.1) is 15.6 Å². The number of thiazole rings is 1. The van der Waals surface area contributed by atoms with Gasteiger partial charge in [-0.3, -0.25) is 4.79 Å². The van der Waals surface area contributed by atoms with Crippen LogP contribution in [-0.2, 0) is 11.2 Å². The van der Waals surface area contributed by atoms with Crippen molar-refractivity contribution < 1.29 is 4.79 Å². The minimum atomic E-state index is 0.0537. The molecule has 150 valence electrons. The van der Waals surface area contributed by atoms with E-state index < -0.39 is 0 Å². The lowest BCUT2D eigenvalue weighted by Crippen LogP contribution is -2.15. The van der Waals surface area contributed by atoms with Crippen LogP contribution >= 0.6 is 22.9 Å². The molecule has 1 amide bonds. The molecule has 1 fully saturated rings. The Morgan fingerprint density at radius 1 is 1.17 bits per heavy atom. The largest absolute Gasteiger partial charge is 0.311 e. The van der Waals surface area contributed by atoms with Crippen molar-refractivity contribution in [2.75, 3.05) is 5.32 Å². The van der Waals surface area contributed by atoms with Crippen molar-refractivity contribution in [3.63, 3.8) is 0 Å². The van der Waals surface area contributed by atoms with Crippen molar-refractivity contribution in [2.45, 2.75) is 45.4 Å². The highest BCUT2D eigenvalue weighted by atomic mass is 35.5. The average molecular weight is 426 g/mol. The van der Waals surface area contributed by atoms with Crippen molar-refractivity contribution in [2.24, 2.45) is 5.92 Å². The minimum absolute atomic E-state index is 0.0537. The first kappa shape index (κ1) is 20.0. The van der Waals surface area contributed by atoms with E-state index in [1.165, 1.54) is 12.8 Å². The van der Waals surface area contributed by atoms with Crippen LogP contribution in [0.15, 0.2) is 42.6 Å². The van der Waals surface area contributed by atoms with Gasteiger partial charge in [0, 0.05) is 23.2 Å². The summed E-state index contributed by atoms with van der Waals surface area (Å²) >= 11 is 7.73. The standard InChI is InChI=1S/C23H24ClN3OS/c1-2-21-27-22(16-7-9-18(24)10-8-16)23(29-21)17-11-12-25-19(14-17)26-20(28)13-15-5-3-4-6-15/h7-12,14-15H,2-6,13H2,1H3,(H,25,26,28). The van der Waals surface area contributed by atoms with Gasteiger partial charge in [-0.05, 0) is 55.0 Å². The Hall–Kier alpha value is -2.24. The van der Waals surface area contributed by atoms with Crippen LogP contribution in [-0.4, -0.2) is 15.9 Å². The van der Waals surface area contributed by atoms with Gasteiger partial charge in [0.2, 0.25) is 5.91 Å². The molecule has 0 unspecified atom stereocenters. The van der Waals surface area contributed by atoms with Crippen LogP contribution in [0.3, 0.4) is 0 Å². The van der Waals surface area contributed by atoms with Crippen LogP contribution in [0.25, 0.3) is 21.7 Å². The molecular formula is C23H24ClN3OS. The molecule has 29 heavy (non-hydrogen) atoms. The molecule has 2 aromatic heterocycles. The molecule has 0 spiro atoms. The molecule has 0 atom stereocenters. The van der Waals surface area contributed by atoms with Gasteiger partial charge in [-0.15, -0.1) is 11.3 Å². The number of rotatable bonds is 6. The zero-order valence-corrected chi connectivity index (χ0v) is 18.0. The number of carbonyl (C=O) groups is 1. The van der Waals surface area contributed by atoms with Crippen molar-refractivity contribution in [1.29, 1.82) is 0 Å². The summed E-state index contributed by atoms with van der Waals surface area (Å²) in [6.45, 7) is 2.11. The van der Waals surface area contributed by atoms with Gasteiger partial charge in [0.1, 0.15) is 5.82 Å². The van der Waals surface area contributed by atoms with Gasteiger partial charge in [0.25, 0.3) is 0 Å². The lowest BCUT2D eigenvalue weighted by molar-refractivity contribution is -0.117. The van der Waals surface area contributed by atoms with Crippen LogP contribution in [0.1, 0.15) is 44.0 Å². The van der Waals surface area contributed by atoms with Crippen LogP contribution in [0, 0.1) is 5.92 Å². The second kappa shape index (κ2) is 9.06. The number of hydrogen-bond donors (Lipinski definition) is 1. The normalized spacial score (nSPS) is 14.3. The Kier molecular flexibility index (Phi) is 6.26. The average Bonchev–Trinajstić information content (AvgIpc) is 3.38. The topological polar surface area (TPSA) is 54.9 Å². The zero-order chi connectivity index (χ0) is 20.2. The van der Waals surface area contributed by atoms with Crippen LogP contribution in [0.5, 0.6) is 0 Å². The van der Waals surface area contributed by atoms with E-state index >= 15 is 0 Å². The van der Waals surface area contributed by atoms with E-state index in [4.69, 9.17) is 16.6 Å². The summed E-state index contributed by atoms with van der Waals surface area (Å²) in [5, 5.41) is 4.77. The maximum atomic E-state index is 12.4. The number of amides is 1. The van der Waals surface area contributed by atoms with Crippen LogP contribution in [0.2, 0.25) is 5.02 Å². The summed E-state index contributed by atoms with van der Waals surface area (Å²) in [5.74, 6) is 1.17. The Balaban J connectivity index is 1.59. The number of benzene rings is 1. The van der Waals surface area contributed by atoms with Gasteiger partial charge in [0.15, 0.2) is 0 Å². The molecule has 3 aromatic rings. The fourth-order valence-corrected chi connectivity index (χ4v) is 4.97. The van der Waals surface area contributed by atoms with Crippen molar-refractivity contribution in [3.8, 4) is 21.7 Å². The molecule has 1 N–H and O–H groups in total. The third-order valence-electron chi connectivity index (χ3n) is 5.33. The molecule has 0 aliphatic heterocycles. The molecule has 2 heterocycles. The number of aromatic nitrogens is 2. The molecule has 0 bridgehead atoms. The molecule has 1 saturated carbocycles. The molecule has 6 heteroatoms. The quantitative estimate of drug-likeness (QED) is 0.483. The van der Waals surface area contributed by atoms with Gasteiger partial charge in [-0.1, -0.05) is 43.5 Å². The summed E-state index contributed by atoms with van der Waals surface area (Å²) in [4.78, 5) is 22.7. The highest BCUT2D eigenvalue weighted by Gasteiger charge is 2.19. The summed E-state index contributed by atoms with van der Waals surface area (Å²) in [6.07, 6.45) is 8.01. The fraction of sp³-hybridized carbons (Fsp3) is 0.348. The maximum Gasteiger partial charge on any atom is 0.225 e. The van der Waals surface area contributed by atoms with Gasteiger partial charge in [-0.25, -0.2) is 9.97 Å². The van der Waals surface area contributed by atoms with E-state index in [2.05, 4.69) is 17.2 Å². The molecular weight excluding hydrogens is 402 g/mol. The van der Waals surface area contributed by atoms with Gasteiger partial charge in [-0.2, -0.15) is 0 Å². The molecule has 1 aromatic carbocycles. The van der Waals surface area contributed by atoms with Crippen molar-refractivity contribution in [1.82, 2.24) is 9.97 Å². The first-order valence-electron chi connectivity index (χ1n) is 10.1. The smallest absolute Gasteiger partial charge is 0.225 e. The Bertz CT molecular complexity index is 994. The number of pyridine rings is 1. The van der Waals surface area contributed by atoms with Crippen LogP contribution < -0.4 is 5.32 Å². The maximum absolute atomic E-state index is 12.4. The third-order valence-corrected chi connectivity index (χ3v) is 6.83. The summed E-state index contributed by atoms with van der Waals surface area (Å²) in [5.41, 5.74) is 2.99. The monoisotopic (exact) mass is 425 g/mol. The second-order valence-electron chi connectivity index (χ2n) is 7.48. The van der Waals surface area contributed by atoms with E-state index in [-0.39, 0.29) is 5.91 Å². The number of halogens is 1. The molecule has 1 aliphatic carbocycles. The van der Waals surface area contributed by atoms with E-state index in [9.17, 15) is 4.79 Å². The Labute approximate surface area is 180 Å². The molecule has 4 nitrogen and oxygen atoms in total. The lowest BCUT2D eigenvalue weighted by Gasteiger charge is -2.10. The third kappa shape index (κ3) is 4.85. The summed E-state index contributed by atoms with van der Waals surface area (Å²) < 4.78 is 0. The first-order chi connectivity index (χ1) is 14.1. The summed E-state index contributed by atoms with van der Waals surface area (Å²) in [7, 11) is 0. The van der Waals surface area contributed by atoms with E-state index in [1.807, 2.05) is 36.4 Å². The number of anilines is 1. The first-order valence-corrected chi connectivity index (χ1v) is 11.3. The number of nitrogens with zero attached hydrogens (tertiary/aromatic N) is 2. The number of hydrogen-bond acceptors (Lipinski definition) is 4. The second-order valence-corrected chi connectivity index (χ2v) is 9.00. The lowest BCUT2D eigenvalue weighted by atomic mass is 10.0. The number of carbonyl (C=O) groups excluding carboxylic acids is 1. The predicted molar refractivity (Wildman–Crippen MR) is 120 cm³/mol. The fourth-order valence-electron chi connectivity index (χ4n) is 3.83. The molecule has 4 rings (SSSR count). The van der Waals surface area contributed by atoms with Crippen LogP contribution in [0.4, 0.5) is 5.82 Å². The SMILES string of the molecule is CCc1nc(-c2ccc(Cl)cc2)c(-c2ccnc(NC(=O)CC3CCCC3)c2)s1. The molecule has 1 aliphatic rings.